The molecular formula is C13H20N2O. The number of ether oxygens (including phenoxy) is 1. The van der Waals surface area contributed by atoms with Gasteiger partial charge in [0.2, 0.25) is 0 Å². The molecule has 3 nitrogen and oxygen atoms in total. The van der Waals surface area contributed by atoms with Crippen molar-refractivity contribution in [3.8, 4) is 0 Å². The summed E-state index contributed by atoms with van der Waals surface area (Å²) in [7, 11) is 0. The summed E-state index contributed by atoms with van der Waals surface area (Å²) in [6.45, 7) is 6.80. The second-order valence-corrected chi connectivity index (χ2v) is 4.50. The van der Waals surface area contributed by atoms with Crippen LogP contribution in [-0.2, 0) is 4.74 Å². The summed E-state index contributed by atoms with van der Waals surface area (Å²) in [4.78, 5) is 2.38. The Bertz CT molecular complexity index is 334. The lowest BCUT2D eigenvalue weighted by atomic mass is 10.1. The first-order chi connectivity index (χ1) is 7.68. The van der Waals surface area contributed by atoms with Crippen LogP contribution < -0.4 is 10.6 Å². The van der Waals surface area contributed by atoms with Crippen LogP contribution in [0.5, 0.6) is 0 Å². The Kier molecular flexibility index (Phi) is 3.46. The molecule has 0 aliphatic carbocycles. The van der Waals surface area contributed by atoms with Crippen molar-refractivity contribution in [2.75, 3.05) is 24.7 Å². The van der Waals surface area contributed by atoms with Crippen molar-refractivity contribution in [3.63, 3.8) is 0 Å². The monoisotopic (exact) mass is 220 g/mol. The summed E-state index contributed by atoms with van der Waals surface area (Å²) >= 11 is 0. The lowest BCUT2D eigenvalue weighted by molar-refractivity contribution is 0.0989. The van der Waals surface area contributed by atoms with Gasteiger partial charge in [0.05, 0.1) is 13.2 Å². The van der Waals surface area contributed by atoms with Gasteiger partial charge in [0.25, 0.3) is 0 Å². The molecule has 3 heteroatoms. The molecule has 2 atom stereocenters. The Morgan fingerprint density at radius 3 is 2.62 bits per heavy atom. The van der Waals surface area contributed by atoms with Gasteiger partial charge in [-0.15, -0.1) is 0 Å². The van der Waals surface area contributed by atoms with Crippen LogP contribution >= 0.6 is 0 Å². The van der Waals surface area contributed by atoms with Crippen molar-refractivity contribution in [2.45, 2.75) is 25.9 Å². The van der Waals surface area contributed by atoms with Gasteiger partial charge in [-0.05, 0) is 31.5 Å². The van der Waals surface area contributed by atoms with Gasteiger partial charge in [0, 0.05) is 24.3 Å². The molecule has 0 aromatic heterocycles. The summed E-state index contributed by atoms with van der Waals surface area (Å²) in [5.41, 5.74) is 8.28. The van der Waals surface area contributed by atoms with Crippen LogP contribution in [0.1, 0.15) is 25.5 Å². The first kappa shape index (κ1) is 11.4. The SMILES string of the molecule is CC1COCCN1c1ccc([C@H](C)N)cc1. The van der Waals surface area contributed by atoms with Gasteiger partial charge in [0.15, 0.2) is 0 Å². The molecule has 1 fully saturated rings. The van der Waals surface area contributed by atoms with Gasteiger partial charge < -0.3 is 15.4 Å². The van der Waals surface area contributed by atoms with Gasteiger partial charge in [0.1, 0.15) is 0 Å². The third-order valence-electron chi connectivity index (χ3n) is 3.12. The molecule has 16 heavy (non-hydrogen) atoms. The van der Waals surface area contributed by atoms with Crippen molar-refractivity contribution < 1.29 is 4.74 Å². The zero-order valence-corrected chi connectivity index (χ0v) is 10.0. The molecule has 1 aromatic carbocycles. The van der Waals surface area contributed by atoms with E-state index in [0.29, 0.717) is 6.04 Å². The van der Waals surface area contributed by atoms with Crippen molar-refractivity contribution in [1.29, 1.82) is 0 Å². The van der Waals surface area contributed by atoms with E-state index < -0.39 is 0 Å². The molecule has 1 saturated heterocycles. The zero-order valence-electron chi connectivity index (χ0n) is 10.0. The minimum atomic E-state index is 0.108. The minimum absolute atomic E-state index is 0.108. The van der Waals surface area contributed by atoms with Gasteiger partial charge in [-0.2, -0.15) is 0 Å². The van der Waals surface area contributed by atoms with Gasteiger partial charge in [-0.3, -0.25) is 0 Å². The number of morpholine rings is 1. The smallest absolute Gasteiger partial charge is 0.0668 e. The third-order valence-corrected chi connectivity index (χ3v) is 3.12. The number of hydrogen-bond donors (Lipinski definition) is 1. The van der Waals surface area contributed by atoms with E-state index in [1.54, 1.807) is 0 Å². The fourth-order valence-electron chi connectivity index (χ4n) is 2.08. The van der Waals surface area contributed by atoms with Crippen LogP contribution in [-0.4, -0.2) is 25.8 Å². The van der Waals surface area contributed by atoms with E-state index >= 15 is 0 Å². The molecule has 1 aromatic rings. The maximum absolute atomic E-state index is 5.84. The number of hydrogen-bond acceptors (Lipinski definition) is 3. The average molecular weight is 220 g/mol. The second kappa shape index (κ2) is 4.85. The Labute approximate surface area is 97.2 Å². The standard InChI is InChI=1S/C13H20N2O/c1-10-9-16-8-7-15(10)13-5-3-12(4-6-13)11(2)14/h3-6,10-11H,7-9,14H2,1-2H3/t10?,11-/m0/s1. The summed E-state index contributed by atoms with van der Waals surface area (Å²) in [5, 5.41) is 0. The van der Waals surface area contributed by atoms with Crippen LogP contribution in [0.4, 0.5) is 5.69 Å². The molecule has 2 N–H and O–H groups in total. The van der Waals surface area contributed by atoms with E-state index in [0.717, 1.165) is 19.8 Å². The fourth-order valence-corrected chi connectivity index (χ4v) is 2.08. The van der Waals surface area contributed by atoms with E-state index in [4.69, 9.17) is 10.5 Å². The molecular weight excluding hydrogens is 200 g/mol. The van der Waals surface area contributed by atoms with Crippen LogP contribution in [0.2, 0.25) is 0 Å². The molecule has 2 rings (SSSR count). The van der Waals surface area contributed by atoms with E-state index in [1.807, 2.05) is 6.92 Å². The quantitative estimate of drug-likeness (QED) is 0.827. The van der Waals surface area contributed by atoms with Crippen molar-refractivity contribution in [2.24, 2.45) is 5.73 Å². The summed E-state index contributed by atoms with van der Waals surface area (Å²) in [6, 6.07) is 9.09. The highest BCUT2D eigenvalue weighted by Gasteiger charge is 2.18. The van der Waals surface area contributed by atoms with Crippen LogP contribution in [0.25, 0.3) is 0 Å². The van der Waals surface area contributed by atoms with Crippen molar-refractivity contribution >= 4 is 5.69 Å². The topological polar surface area (TPSA) is 38.5 Å². The zero-order chi connectivity index (χ0) is 11.5. The molecule has 1 aliphatic rings. The highest BCUT2D eigenvalue weighted by molar-refractivity contribution is 5.49. The molecule has 0 spiro atoms. The van der Waals surface area contributed by atoms with E-state index in [1.165, 1.54) is 11.3 Å². The highest BCUT2D eigenvalue weighted by atomic mass is 16.5. The Morgan fingerprint density at radius 1 is 1.38 bits per heavy atom. The summed E-state index contributed by atoms with van der Waals surface area (Å²) in [5.74, 6) is 0. The molecule has 0 bridgehead atoms. The first-order valence-electron chi connectivity index (χ1n) is 5.88. The first-order valence-corrected chi connectivity index (χ1v) is 5.88. The van der Waals surface area contributed by atoms with Crippen molar-refractivity contribution in [3.05, 3.63) is 29.8 Å². The number of benzene rings is 1. The minimum Gasteiger partial charge on any atom is -0.377 e. The number of nitrogens with zero attached hydrogens (tertiary/aromatic N) is 1. The van der Waals surface area contributed by atoms with Gasteiger partial charge in [-0.25, -0.2) is 0 Å². The maximum atomic E-state index is 5.84. The van der Waals surface area contributed by atoms with Crippen LogP contribution in [0, 0.1) is 0 Å². The highest BCUT2D eigenvalue weighted by Crippen LogP contribution is 2.21. The normalized spacial score (nSPS) is 23.2. The van der Waals surface area contributed by atoms with Gasteiger partial charge in [-0.1, -0.05) is 12.1 Å². The second-order valence-electron chi connectivity index (χ2n) is 4.50. The van der Waals surface area contributed by atoms with E-state index in [9.17, 15) is 0 Å². The molecule has 1 heterocycles. The Morgan fingerprint density at radius 2 is 2.06 bits per heavy atom. The fraction of sp³-hybridized carbons (Fsp3) is 0.538. The Balaban J connectivity index is 2.14. The summed E-state index contributed by atoms with van der Waals surface area (Å²) in [6.07, 6.45) is 0. The lowest BCUT2D eigenvalue weighted by Crippen LogP contribution is -2.43. The number of anilines is 1. The number of nitrogens with two attached hydrogens (primary N) is 1. The van der Waals surface area contributed by atoms with Crippen LogP contribution in [0.15, 0.2) is 24.3 Å². The Hall–Kier alpha value is -1.06. The predicted octanol–water partition coefficient (Wildman–Crippen LogP) is 1.93. The molecule has 88 valence electrons. The van der Waals surface area contributed by atoms with Gasteiger partial charge >= 0.3 is 0 Å². The van der Waals surface area contributed by atoms with E-state index in [-0.39, 0.29) is 6.04 Å². The molecule has 0 amide bonds. The van der Waals surface area contributed by atoms with E-state index in [2.05, 4.69) is 36.1 Å². The number of rotatable bonds is 2. The maximum Gasteiger partial charge on any atom is 0.0668 e. The molecule has 1 unspecified atom stereocenters. The predicted molar refractivity (Wildman–Crippen MR) is 66.7 cm³/mol. The van der Waals surface area contributed by atoms with Crippen molar-refractivity contribution in [1.82, 2.24) is 0 Å². The largest absolute Gasteiger partial charge is 0.377 e. The third kappa shape index (κ3) is 2.36. The van der Waals surface area contributed by atoms with Crippen LogP contribution in [0.3, 0.4) is 0 Å². The average Bonchev–Trinajstić information content (AvgIpc) is 2.30. The molecule has 1 aliphatic heterocycles. The lowest BCUT2D eigenvalue weighted by Gasteiger charge is -2.35. The molecule has 0 saturated carbocycles. The molecule has 0 radical (unpaired) electrons. The summed E-state index contributed by atoms with van der Waals surface area (Å²) < 4.78 is 5.43.